The number of phosphoric acid groups is 1. The Kier molecular flexibility index (Phi) is 45.2. The van der Waals surface area contributed by atoms with E-state index >= 15 is 0 Å². The van der Waals surface area contributed by atoms with E-state index in [0.717, 1.165) is 83.5 Å². The molecule has 9 heteroatoms. The molecule has 0 aliphatic carbocycles. The number of quaternary nitrogens is 1. The van der Waals surface area contributed by atoms with E-state index in [1.807, 2.05) is 27.2 Å². The first kappa shape index (κ1) is 63.2. The van der Waals surface area contributed by atoms with Crippen LogP contribution in [0.2, 0.25) is 0 Å². The number of aliphatic hydroxyl groups is 1. The van der Waals surface area contributed by atoms with Crippen molar-refractivity contribution in [2.45, 2.75) is 206 Å². The van der Waals surface area contributed by atoms with Crippen molar-refractivity contribution in [3.05, 3.63) is 109 Å². The Bertz CT molecular complexity index is 1440. The van der Waals surface area contributed by atoms with Gasteiger partial charge in [0.15, 0.2) is 0 Å². The smallest absolute Gasteiger partial charge is 0.387 e. The highest BCUT2D eigenvalue weighted by atomic mass is 31.2. The summed E-state index contributed by atoms with van der Waals surface area (Å²) < 4.78 is 23.6. The zero-order chi connectivity index (χ0) is 48.5. The van der Waals surface area contributed by atoms with Crippen LogP contribution in [-0.4, -0.2) is 73.4 Å². The highest BCUT2D eigenvalue weighted by Crippen LogP contribution is 2.43. The molecule has 0 radical (unpaired) electrons. The Morgan fingerprint density at radius 3 is 1.33 bits per heavy atom. The molecule has 1 amide bonds. The molecule has 66 heavy (non-hydrogen) atoms. The minimum absolute atomic E-state index is 0.0467. The Morgan fingerprint density at radius 1 is 0.530 bits per heavy atom. The lowest BCUT2D eigenvalue weighted by atomic mass is 10.0. The van der Waals surface area contributed by atoms with Gasteiger partial charge in [-0.05, 0) is 83.5 Å². The van der Waals surface area contributed by atoms with Gasteiger partial charge in [0.2, 0.25) is 5.91 Å². The van der Waals surface area contributed by atoms with E-state index in [-0.39, 0.29) is 19.1 Å². The molecule has 0 aromatic carbocycles. The lowest BCUT2D eigenvalue weighted by Gasteiger charge is -2.25. The van der Waals surface area contributed by atoms with Gasteiger partial charge in [-0.1, -0.05) is 213 Å². The number of nitrogens with zero attached hydrogens (tertiary/aromatic N) is 1. The molecule has 0 aromatic rings. The second-order valence-electron chi connectivity index (χ2n) is 18.5. The largest absolute Gasteiger partial charge is 0.472 e. The van der Waals surface area contributed by atoms with Crippen LogP contribution in [0.5, 0.6) is 0 Å². The first-order chi connectivity index (χ1) is 32.0. The predicted octanol–water partition coefficient (Wildman–Crippen LogP) is 15.6. The van der Waals surface area contributed by atoms with Gasteiger partial charge in [-0.15, -0.1) is 0 Å². The minimum Gasteiger partial charge on any atom is -0.387 e. The van der Waals surface area contributed by atoms with Crippen LogP contribution in [0.4, 0.5) is 0 Å². The van der Waals surface area contributed by atoms with Crippen LogP contribution in [0.15, 0.2) is 109 Å². The molecule has 0 aromatic heterocycles. The molecule has 0 aliphatic rings. The molecule has 0 aliphatic heterocycles. The van der Waals surface area contributed by atoms with E-state index in [2.05, 4.69) is 116 Å². The number of carbonyl (C=O) groups excluding carboxylic acids is 1. The SMILES string of the molecule is CC/C=C\C/C=C\C/C=C\C/C=C\C/C=C\C/C=C\C/C=C\C/C=C\CCCCC(=O)NC(COP(=O)(O)OCC[N+](C)(C)C)C(O)/C=C/CCCCCCCCCCCCCCCCC. The lowest BCUT2D eigenvalue weighted by Crippen LogP contribution is -2.45. The zero-order valence-electron chi connectivity index (χ0n) is 42.9. The normalized spacial score (nSPS) is 15.0. The van der Waals surface area contributed by atoms with E-state index < -0.39 is 20.0 Å². The molecular weight excluding hydrogens is 840 g/mol. The van der Waals surface area contributed by atoms with Gasteiger partial charge in [-0.3, -0.25) is 13.8 Å². The molecule has 0 bridgehead atoms. The highest BCUT2D eigenvalue weighted by molar-refractivity contribution is 7.47. The summed E-state index contributed by atoms with van der Waals surface area (Å²) in [6, 6.07) is -0.878. The fourth-order valence-electron chi connectivity index (χ4n) is 6.88. The third-order valence-corrected chi connectivity index (χ3v) is 12.0. The Balaban J connectivity index is 4.42. The van der Waals surface area contributed by atoms with E-state index in [4.69, 9.17) is 9.05 Å². The lowest BCUT2D eigenvalue weighted by molar-refractivity contribution is -0.870. The van der Waals surface area contributed by atoms with E-state index in [0.29, 0.717) is 23.9 Å². The summed E-state index contributed by atoms with van der Waals surface area (Å²) in [4.78, 5) is 23.2. The maximum Gasteiger partial charge on any atom is 0.472 e. The van der Waals surface area contributed by atoms with Crippen LogP contribution >= 0.6 is 7.82 Å². The molecule has 0 saturated carbocycles. The number of hydrogen-bond donors (Lipinski definition) is 3. The summed E-state index contributed by atoms with van der Waals surface area (Å²) in [6.45, 7) is 4.65. The number of rotatable bonds is 46. The van der Waals surface area contributed by atoms with E-state index in [9.17, 15) is 19.4 Å². The predicted molar refractivity (Wildman–Crippen MR) is 285 cm³/mol. The Morgan fingerprint density at radius 2 is 0.909 bits per heavy atom. The first-order valence-electron chi connectivity index (χ1n) is 26.3. The molecule has 3 atom stereocenters. The highest BCUT2D eigenvalue weighted by Gasteiger charge is 2.27. The van der Waals surface area contributed by atoms with Gasteiger partial charge in [0, 0.05) is 6.42 Å². The second kappa shape index (κ2) is 47.2. The zero-order valence-corrected chi connectivity index (χ0v) is 43.8. The average Bonchev–Trinajstić information content (AvgIpc) is 3.28. The number of hydrogen-bond acceptors (Lipinski definition) is 5. The van der Waals surface area contributed by atoms with Crippen LogP contribution in [0.25, 0.3) is 0 Å². The molecule has 0 fully saturated rings. The number of likely N-dealkylation sites (N-methyl/N-ethyl adjacent to an activating group) is 1. The Labute approximate surface area is 406 Å². The van der Waals surface area contributed by atoms with Crippen LogP contribution in [0, 0.1) is 0 Å². The quantitative estimate of drug-likeness (QED) is 0.0243. The molecule has 0 heterocycles. The summed E-state index contributed by atoms with van der Waals surface area (Å²) in [5, 5.41) is 13.9. The standard InChI is InChI=1S/C57H99N2O6P/c1-6-8-10-12-14-16-18-20-22-24-25-26-27-28-29-30-31-32-33-35-37-39-41-43-45-47-49-51-57(61)58-55(54-65-66(62,63)64-53-52-59(3,4)5)56(60)50-48-46-44-42-40-38-36-34-23-21-19-17-15-13-11-9-7-2/h8,10,14,16,20,22,25-26,28-29,31-32,35,37,41,43,48,50,55-56,60H,6-7,9,11-13,15,17-19,21,23-24,27,30,33-34,36,38-40,42,44-47,49,51-54H2,1-5H3,(H-,58,61,62,63)/p+1/b10-8-,16-14-,22-20-,26-25-,29-28-,32-31-,37-35-,43-41-,50-48+. The van der Waals surface area contributed by atoms with Crippen LogP contribution in [0.3, 0.4) is 0 Å². The van der Waals surface area contributed by atoms with Crippen molar-refractivity contribution in [3.8, 4) is 0 Å². The number of allylic oxidation sites excluding steroid dienone is 17. The molecule has 0 saturated heterocycles. The van der Waals surface area contributed by atoms with Crippen molar-refractivity contribution in [2.24, 2.45) is 0 Å². The van der Waals surface area contributed by atoms with Crippen molar-refractivity contribution in [1.82, 2.24) is 5.32 Å². The topological polar surface area (TPSA) is 105 Å². The van der Waals surface area contributed by atoms with Crippen LogP contribution in [-0.2, 0) is 18.4 Å². The van der Waals surface area contributed by atoms with Crippen molar-refractivity contribution < 1.29 is 32.9 Å². The van der Waals surface area contributed by atoms with Crippen LogP contribution < -0.4 is 5.32 Å². The molecule has 3 N–H and O–H groups in total. The summed E-state index contributed by atoms with van der Waals surface area (Å²) >= 11 is 0. The monoisotopic (exact) mass is 940 g/mol. The minimum atomic E-state index is -4.36. The fourth-order valence-corrected chi connectivity index (χ4v) is 7.61. The summed E-state index contributed by atoms with van der Waals surface area (Å²) in [5.74, 6) is -0.224. The maximum atomic E-state index is 12.9. The van der Waals surface area contributed by atoms with Crippen LogP contribution in [0.1, 0.15) is 194 Å². The van der Waals surface area contributed by atoms with Gasteiger partial charge in [0.05, 0.1) is 39.9 Å². The molecule has 3 unspecified atom stereocenters. The molecule has 0 spiro atoms. The van der Waals surface area contributed by atoms with Crippen molar-refractivity contribution in [1.29, 1.82) is 0 Å². The molecular formula is C57H100N2O6P+. The number of amides is 1. The van der Waals surface area contributed by atoms with Crippen molar-refractivity contribution >= 4 is 13.7 Å². The van der Waals surface area contributed by atoms with E-state index in [1.54, 1.807) is 6.08 Å². The number of unbranched alkanes of at least 4 members (excludes halogenated alkanes) is 17. The first-order valence-corrected chi connectivity index (χ1v) is 27.8. The van der Waals surface area contributed by atoms with E-state index in [1.165, 1.54) is 83.5 Å². The molecule has 0 rings (SSSR count). The van der Waals surface area contributed by atoms with Gasteiger partial charge in [0.25, 0.3) is 0 Å². The number of phosphoric ester groups is 1. The molecule has 378 valence electrons. The summed E-state index contributed by atoms with van der Waals surface area (Å²) in [6.07, 6.45) is 68.9. The van der Waals surface area contributed by atoms with Crippen molar-refractivity contribution in [2.75, 3.05) is 40.9 Å². The van der Waals surface area contributed by atoms with Gasteiger partial charge in [-0.2, -0.15) is 0 Å². The summed E-state index contributed by atoms with van der Waals surface area (Å²) in [7, 11) is 1.53. The fraction of sp³-hybridized carbons (Fsp3) is 0.667. The number of aliphatic hydroxyl groups excluding tert-OH is 1. The third-order valence-electron chi connectivity index (χ3n) is 11.0. The van der Waals surface area contributed by atoms with Gasteiger partial charge in [-0.25, -0.2) is 4.57 Å². The number of nitrogens with one attached hydrogen (secondary N) is 1. The Hall–Kier alpha value is -2.84. The van der Waals surface area contributed by atoms with Crippen molar-refractivity contribution in [3.63, 3.8) is 0 Å². The molecule has 8 nitrogen and oxygen atoms in total. The van der Waals surface area contributed by atoms with Gasteiger partial charge < -0.3 is 19.8 Å². The number of carbonyl (C=O) groups is 1. The second-order valence-corrected chi connectivity index (χ2v) is 20.0. The average molecular weight is 940 g/mol. The van der Waals surface area contributed by atoms with Gasteiger partial charge in [0.1, 0.15) is 13.2 Å². The maximum absolute atomic E-state index is 12.9. The summed E-state index contributed by atoms with van der Waals surface area (Å²) in [5.41, 5.74) is 0. The third kappa shape index (κ3) is 49.1. The van der Waals surface area contributed by atoms with Gasteiger partial charge >= 0.3 is 7.82 Å².